The predicted octanol–water partition coefficient (Wildman–Crippen LogP) is 3.13. The number of imide groups is 1. The molecular formula is C21H27N3O6S. The summed E-state index contributed by atoms with van der Waals surface area (Å²) in [6, 6.07) is 3.52. The second kappa shape index (κ2) is 9.09. The molecule has 1 aromatic carbocycles. The largest absolute Gasteiger partial charge is 0.493 e. The van der Waals surface area contributed by atoms with E-state index < -0.39 is 22.8 Å². The van der Waals surface area contributed by atoms with Crippen LogP contribution in [0.5, 0.6) is 11.5 Å². The first-order valence-electron chi connectivity index (χ1n) is 9.85. The number of benzene rings is 1. The van der Waals surface area contributed by atoms with E-state index in [1.165, 1.54) is 7.11 Å². The van der Waals surface area contributed by atoms with E-state index in [4.69, 9.17) is 14.2 Å². The van der Waals surface area contributed by atoms with Gasteiger partial charge in [0.25, 0.3) is 11.1 Å². The minimum absolute atomic E-state index is 0.0887. The van der Waals surface area contributed by atoms with Gasteiger partial charge in [0, 0.05) is 30.4 Å². The van der Waals surface area contributed by atoms with Gasteiger partial charge in [-0.2, -0.15) is 0 Å². The van der Waals surface area contributed by atoms with Crippen LogP contribution in [0, 0.1) is 0 Å². The van der Waals surface area contributed by atoms with Crippen LogP contribution in [0.4, 0.5) is 15.3 Å². The van der Waals surface area contributed by atoms with E-state index in [2.05, 4.69) is 15.5 Å². The molecule has 9 nitrogen and oxygen atoms in total. The lowest BCUT2D eigenvalue weighted by atomic mass is 10.1. The van der Waals surface area contributed by atoms with Crippen molar-refractivity contribution in [1.29, 1.82) is 0 Å². The molecule has 1 atom stereocenters. The normalized spacial score (nSPS) is 20.1. The van der Waals surface area contributed by atoms with Gasteiger partial charge in [-0.25, -0.2) is 4.79 Å². The molecule has 0 aliphatic carbocycles. The van der Waals surface area contributed by atoms with Crippen LogP contribution >= 0.6 is 11.8 Å². The van der Waals surface area contributed by atoms with Crippen molar-refractivity contribution in [3.8, 4) is 11.5 Å². The molecule has 168 valence electrons. The quantitative estimate of drug-likeness (QED) is 0.661. The van der Waals surface area contributed by atoms with Crippen LogP contribution in [-0.4, -0.2) is 56.2 Å². The SMILES string of the molecule is COc1cc(C=C2SC(=O)NC2=O)c(N2CC[C@H](NC(=O)OC(C)(C)C)C2)cc1OC. The fourth-order valence-corrected chi connectivity index (χ4v) is 4.08. The maximum Gasteiger partial charge on any atom is 0.407 e. The third-order valence-electron chi connectivity index (χ3n) is 4.71. The maximum absolute atomic E-state index is 12.1. The van der Waals surface area contributed by atoms with Crippen molar-refractivity contribution in [3.05, 3.63) is 22.6 Å². The van der Waals surface area contributed by atoms with Crippen molar-refractivity contribution in [3.63, 3.8) is 0 Å². The lowest BCUT2D eigenvalue weighted by molar-refractivity contribution is -0.115. The van der Waals surface area contributed by atoms with Gasteiger partial charge >= 0.3 is 6.09 Å². The number of rotatable bonds is 5. The Morgan fingerprint density at radius 2 is 1.90 bits per heavy atom. The average Bonchev–Trinajstić information content (AvgIpc) is 3.25. The molecule has 3 rings (SSSR count). The number of alkyl carbamates (subject to hydrolysis) is 1. The molecule has 2 aliphatic heterocycles. The standard InChI is InChI=1S/C21H27N3O6S/c1-21(2,3)30-19(26)22-13-6-7-24(11-13)14-10-16(29-5)15(28-4)8-12(14)9-17-18(25)23-20(27)31-17/h8-10,13H,6-7,11H2,1-5H3,(H,22,26)(H,23,25,27)/t13-/m0/s1. The van der Waals surface area contributed by atoms with E-state index in [0.29, 0.717) is 35.1 Å². The Hall–Kier alpha value is -2.88. The number of hydrogen-bond acceptors (Lipinski definition) is 8. The van der Waals surface area contributed by atoms with Gasteiger partial charge in [0.15, 0.2) is 11.5 Å². The van der Waals surface area contributed by atoms with Crippen LogP contribution < -0.4 is 25.0 Å². The average molecular weight is 450 g/mol. The number of amides is 3. The van der Waals surface area contributed by atoms with E-state index in [9.17, 15) is 14.4 Å². The molecule has 3 amide bonds. The summed E-state index contributed by atoms with van der Waals surface area (Å²) in [6.45, 7) is 6.70. The van der Waals surface area contributed by atoms with Crippen molar-refractivity contribution in [2.45, 2.75) is 38.8 Å². The third-order valence-corrected chi connectivity index (χ3v) is 5.52. The Labute approximate surface area is 185 Å². The van der Waals surface area contributed by atoms with Crippen LogP contribution in [0.1, 0.15) is 32.8 Å². The molecule has 1 aromatic rings. The van der Waals surface area contributed by atoms with Gasteiger partial charge < -0.3 is 24.4 Å². The van der Waals surface area contributed by atoms with E-state index in [1.54, 1.807) is 19.3 Å². The van der Waals surface area contributed by atoms with Gasteiger partial charge in [-0.3, -0.25) is 14.9 Å². The molecular weight excluding hydrogens is 422 g/mol. The molecule has 2 heterocycles. The highest BCUT2D eigenvalue weighted by atomic mass is 32.2. The molecule has 0 bridgehead atoms. The fourth-order valence-electron chi connectivity index (χ4n) is 3.41. The molecule has 31 heavy (non-hydrogen) atoms. The summed E-state index contributed by atoms with van der Waals surface area (Å²) in [5.41, 5.74) is 0.955. The first-order valence-corrected chi connectivity index (χ1v) is 10.7. The summed E-state index contributed by atoms with van der Waals surface area (Å²) in [7, 11) is 3.08. The Balaban J connectivity index is 1.86. The number of thioether (sulfide) groups is 1. The van der Waals surface area contributed by atoms with Crippen molar-refractivity contribution in [2.75, 3.05) is 32.2 Å². The molecule has 2 N–H and O–H groups in total. The van der Waals surface area contributed by atoms with Crippen molar-refractivity contribution in [1.82, 2.24) is 10.6 Å². The second-order valence-electron chi connectivity index (χ2n) is 8.20. The predicted molar refractivity (Wildman–Crippen MR) is 119 cm³/mol. The Morgan fingerprint density at radius 3 is 2.48 bits per heavy atom. The number of carbonyl (C=O) groups excluding carboxylic acids is 3. The van der Waals surface area contributed by atoms with Crippen molar-refractivity contribution < 1.29 is 28.6 Å². The minimum Gasteiger partial charge on any atom is -0.493 e. The van der Waals surface area contributed by atoms with Gasteiger partial charge in [0.1, 0.15) is 5.60 Å². The number of nitrogens with one attached hydrogen (secondary N) is 2. The lowest BCUT2D eigenvalue weighted by Crippen LogP contribution is -2.40. The molecule has 0 saturated carbocycles. The second-order valence-corrected chi connectivity index (χ2v) is 9.21. The Morgan fingerprint density at radius 1 is 1.23 bits per heavy atom. The number of carbonyl (C=O) groups is 3. The van der Waals surface area contributed by atoms with Gasteiger partial charge in [-0.1, -0.05) is 0 Å². The zero-order valence-corrected chi connectivity index (χ0v) is 19.1. The number of anilines is 1. The first kappa shape index (κ1) is 22.8. The number of ether oxygens (including phenoxy) is 3. The number of nitrogens with zero attached hydrogens (tertiary/aromatic N) is 1. The maximum atomic E-state index is 12.1. The Bertz CT molecular complexity index is 924. The summed E-state index contributed by atoms with van der Waals surface area (Å²) >= 11 is 0.855. The van der Waals surface area contributed by atoms with Gasteiger partial charge in [0.2, 0.25) is 0 Å². The molecule has 0 aromatic heterocycles. The van der Waals surface area contributed by atoms with Crippen LogP contribution in [-0.2, 0) is 9.53 Å². The van der Waals surface area contributed by atoms with Crippen molar-refractivity contribution in [2.24, 2.45) is 0 Å². The highest BCUT2D eigenvalue weighted by Gasteiger charge is 2.30. The summed E-state index contributed by atoms with van der Waals surface area (Å²) in [5, 5.41) is 4.76. The molecule has 0 radical (unpaired) electrons. The fraction of sp³-hybridized carbons (Fsp3) is 0.476. The van der Waals surface area contributed by atoms with Crippen LogP contribution in [0.15, 0.2) is 17.0 Å². The molecule has 2 aliphatic rings. The van der Waals surface area contributed by atoms with Crippen LogP contribution in [0.2, 0.25) is 0 Å². The third kappa shape index (κ3) is 5.63. The van der Waals surface area contributed by atoms with Gasteiger partial charge in [-0.15, -0.1) is 0 Å². The summed E-state index contributed by atoms with van der Waals surface area (Å²) in [5.74, 6) is 0.625. The Kier molecular flexibility index (Phi) is 6.68. The summed E-state index contributed by atoms with van der Waals surface area (Å²) in [6.07, 6.45) is 1.94. The highest BCUT2D eigenvalue weighted by Crippen LogP contribution is 2.39. The summed E-state index contributed by atoms with van der Waals surface area (Å²) in [4.78, 5) is 38.1. The zero-order chi connectivity index (χ0) is 22.8. The monoisotopic (exact) mass is 449 g/mol. The lowest BCUT2D eigenvalue weighted by Gasteiger charge is -2.24. The van der Waals surface area contributed by atoms with Gasteiger partial charge in [0.05, 0.1) is 25.2 Å². The first-order chi connectivity index (χ1) is 14.6. The molecule has 10 heteroatoms. The minimum atomic E-state index is -0.567. The zero-order valence-electron chi connectivity index (χ0n) is 18.2. The molecule has 0 unspecified atom stereocenters. The van der Waals surface area contributed by atoms with E-state index >= 15 is 0 Å². The highest BCUT2D eigenvalue weighted by molar-refractivity contribution is 8.18. The van der Waals surface area contributed by atoms with E-state index in [0.717, 1.165) is 23.9 Å². The molecule has 2 fully saturated rings. The topological polar surface area (TPSA) is 106 Å². The van der Waals surface area contributed by atoms with Crippen LogP contribution in [0.25, 0.3) is 6.08 Å². The molecule has 0 spiro atoms. The van der Waals surface area contributed by atoms with Crippen LogP contribution in [0.3, 0.4) is 0 Å². The molecule has 2 saturated heterocycles. The number of methoxy groups -OCH3 is 2. The van der Waals surface area contributed by atoms with Crippen molar-refractivity contribution >= 4 is 40.8 Å². The number of hydrogen-bond donors (Lipinski definition) is 2. The van der Waals surface area contributed by atoms with E-state index in [-0.39, 0.29) is 6.04 Å². The summed E-state index contributed by atoms with van der Waals surface area (Å²) < 4.78 is 16.2. The van der Waals surface area contributed by atoms with Gasteiger partial charge in [-0.05, 0) is 51.1 Å². The van der Waals surface area contributed by atoms with E-state index in [1.807, 2.05) is 26.8 Å². The smallest absolute Gasteiger partial charge is 0.407 e.